The molecule has 2 heterocycles. The lowest BCUT2D eigenvalue weighted by molar-refractivity contribution is -0.138. The lowest BCUT2D eigenvalue weighted by Gasteiger charge is -2.19. The van der Waals surface area contributed by atoms with Crippen LogP contribution in [0.4, 0.5) is 24.5 Å². The summed E-state index contributed by atoms with van der Waals surface area (Å²) in [6.07, 6.45) is -3.26. The molecular weight excluding hydrogens is 489 g/mol. The van der Waals surface area contributed by atoms with Crippen LogP contribution in [0.5, 0.6) is 0 Å². The van der Waals surface area contributed by atoms with Gasteiger partial charge in [0.1, 0.15) is 5.56 Å². The van der Waals surface area contributed by atoms with Crippen LogP contribution in [0.1, 0.15) is 46.4 Å². The topological polar surface area (TPSA) is 76.8 Å². The minimum Gasteiger partial charge on any atom is -0.462 e. The molecule has 8 nitrogen and oxygen atoms in total. The number of carbonyl (C=O) groups excluding carboxylic acids is 1. The number of nitrogens with zero attached hydrogens (tertiary/aromatic N) is 4. The predicted octanol–water partition coefficient (Wildman–Crippen LogP) is 3.57. The van der Waals surface area contributed by atoms with Gasteiger partial charge in [0, 0.05) is 20.3 Å². The Bertz CT molecular complexity index is 1530. The van der Waals surface area contributed by atoms with Gasteiger partial charge in [-0.25, -0.2) is 9.59 Å². The first-order chi connectivity index (χ1) is 17.5. The van der Waals surface area contributed by atoms with E-state index >= 15 is 0 Å². The lowest BCUT2D eigenvalue weighted by atomic mass is 10.0. The number of rotatable bonds is 4. The molecular formula is C26H25F3N4O4. The summed E-state index contributed by atoms with van der Waals surface area (Å²) >= 11 is 0. The van der Waals surface area contributed by atoms with Gasteiger partial charge in [-0.1, -0.05) is 12.1 Å². The number of esters is 1. The zero-order chi connectivity index (χ0) is 26.6. The molecule has 0 bridgehead atoms. The molecule has 1 aliphatic heterocycles. The van der Waals surface area contributed by atoms with Gasteiger partial charge in [-0.05, 0) is 55.2 Å². The van der Waals surface area contributed by atoms with Crippen LogP contribution in [0, 0.1) is 0 Å². The smallest absolute Gasteiger partial charge is 0.416 e. The van der Waals surface area contributed by atoms with E-state index in [-0.39, 0.29) is 36.1 Å². The van der Waals surface area contributed by atoms with Crippen molar-refractivity contribution < 1.29 is 22.7 Å². The van der Waals surface area contributed by atoms with Gasteiger partial charge in [0.2, 0.25) is 0 Å². The maximum absolute atomic E-state index is 13.8. The van der Waals surface area contributed by atoms with Crippen molar-refractivity contribution in [1.82, 2.24) is 9.13 Å². The average molecular weight is 515 g/mol. The van der Waals surface area contributed by atoms with Crippen molar-refractivity contribution in [3.63, 3.8) is 0 Å². The van der Waals surface area contributed by atoms with Crippen LogP contribution in [-0.2, 0) is 17.3 Å². The fourth-order valence-electron chi connectivity index (χ4n) is 5.31. The predicted molar refractivity (Wildman–Crippen MR) is 132 cm³/mol. The Hall–Kier alpha value is -4.02. The van der Waals surface area contributed by atoms with Gasteiger partial charge in [0.25, 0.3) is 5.56 Å². The molecule has 0 N–H and O–H groups in total. The maximum Gasteiger partial charge on any atom is 0.416 e. The Kier molecular flexibility index (Phi) is 5.88. The van der Waals surface area contributed by atoms with Crippen LogP contribution in [0.25, 0.3) is 5.69 Å². The first-order valence-corrected chi connectivity index (χ1v) is 11.8. The summed E-state index contributed by atoms with van der Waals surface area (Å²) in [6, 6.07) is 8.11. The molecule has 0 fully saturated rings. The molecule has 1 aromatic heterocycles. The SMILES string of the molecule is CCOC(=O)c1cn(-c2ccc3c(c2)N(C)CN3C)c(=O)n([C@@H]2CCc3c2cccc3C(F)(F)F)c1=O. The molecule has 2 aromatic carbocycles. The van der Waals surface area contributed by atoms with E-state index in [0.29, 0.717) is 12.4 Å². The second-order valence-corrected chi connectivity index (χ2v) is 9.23. The molecule has 11 heteroatoms. The quantitative estimate of drug-likeness (QED) is 0.496. The molecule has 2 aliphatic rings. The summed E-state index contributed by atoms with van der Waals surface area (Å²) in [4.78, 5) is 44.0. The minimum absolute atomic E-state index is 0.00851. The van der Waals surface area contributed by atoms with E-state index in [9.17, 15) is 27.6 Å². The van der Waals surface area contributed by atoms with Crippen LogP contribution in [0.2, 0.25) is 0 Å². The summed E-state index contributed by atoms with van der Waals surface area (Å²) in [5.74, 6) is -0.907. The third-order valence-electron chi connectivity index (χ3n) is 6.95. The highest BCUT2D eigenvalue weighted by Gasteiger charge is 2.38. The maximum atomic E-state index is 13.8. The Morgan fingerprint density at radius 1 is 1.08 bits per heavy atom. The molecule has 0 amide bonds. The zero-order valence-corrected chi connectivity index (χ0v) is 20.5. The van der Waals surface area contributed by atoms with Crippen LogP contribution in [0.15, 0.2) is 52.2 Å². The Labute approximate surface area is 210 Å². The first kappa shape index (κ1) is 24.7. The van der Waals surface area contributed by atoms with Gasteiger partial charge < -0.3 is 14.5 Å². The molecule has 3 aromatic rings. The number of fused-ring (bicyclic) bond motifs is 2. The number of aromatic nitrogens is 2. The van der Waals surface area contributed by atoms with Crippen LogP contribution >= 0.6 is 0 Å². The lowest BCUT2D eigenvalue weighted by Crippen LogP contribution is -2.44. The van der Waals surface area contributed by atoms with E-state index in [1.807, 2.05) is 30.0 Å². The first-order valence-electron chi connectivity index (χ1n) is 11.8. The highest BCUT2D eigenvalue weighted by Crippen LogP contribution is 2.41. The standard InChI is InChI=1S/C26H25F3N4O4/c1-4-37-24(35)18-13-32(15-8-10-21-22(12-15)31(3)14-30(21)2)25(36)33(23(18)34)20-11-9-16-17(20)6-5-7-19(16)26(27,28)29/h5-8,10,12-13,20H,4,9,11,14H2,1-3H3/t20-/m1/s1. The number of ether oxygens (including phenoxy) is 1. The monoisotopic (exact) mass is 514 g/mol. The van der Waals surface area contributed by atoms with Crippen molar-refractivity contribution in [2.75, 3.05) is 37.2 Å². The molecule has 0 radical (unpaired) electrons. The van der Waals surface area contributed by atoms with E-state index < -0.39 is 35.0 Å². The van der Waals surface area contributed by atoms with Gasteiger partial charge in [-0.3, -0.25) is 13.9 Å². The van der Waals surface area contributed by atoms with Crippen LogP contribution < -0.4 is 21.0 Å². The molecule has 37 heavy (non-hydrogen) atoms. The molecule has 1 aliphatic carbocycles. The summed E-state index contributed by atoms with van der Waals surface area (Å²) < 4.78 is 48.1. The molecule has 0 saturated heterocycles. The van der Waals surface area contributed by atoms with E-state index in [1.165, 1.54) is 16.7 Å². The second kappa shape index (κ2) is 8.82. The number of anilines is 2. The van der Waals surface area contributed by atoms with Crippen LogP contribution in [0.3, 0.4) is 0 Å². The molecule has 0 unspecified atom stereocenters. The fourth-order valence-corrected chi connectivity index (χ4v) is 5.31. The number of carbonyl (C=O) groups is 1. The number of hydrogen-bond donors (Lipinski definition) is 0. The minimum atomic E-state index is -4.57. The van der Waals surface area contributed by atoms with Gasteiger partial charge in [0.05, 0.1) is 41.9 Å². The van der Waals surface area contributed by atoms with Crippen molar-refractivity contribution in [3.8, 4) is 5.69 Å². The largest absolute Gasteiger partial charge is 0.462 e. The number of benzene rings is 2. The van der Waals surface area contributed by atoms with E-state index in [1.54, 1.807) is 19.1 Å². The van der Waals surface area contributed by atoms with Gasteiger partial charge in [-0.2, -0.15) is 13.2 Å². The Balaban J connectivity index is 1.73. The van der Waals surface area contributed by atoms with E-state index in [2.05, 4.69) is 0 Å². The van der Waals surface area contributed by atoms with Gasteiger partial charge >= 0.3 is 17.8 Å². The van der Waals surface area contributed by atoms with Crippen molar-refractivity contribution in [2.24, 2.45) is 0 Å². The molecule has 0 saturated carbocycles. The second-order valence-electron chi connectivity index (χ2n) is 9.23. The van der Waals surface area contributed by atoms with E-state index in [4.69, 9.17) is 4.74 Å². The summed E-state index contributed by atoms with van der Waals surface area (Å²) in [5, 5.41) is 0. The van der Waals surface area contributed by atoms with Crippen molar-refractivity contribution in [2.45, 2.75) is 32.0 Å². The summed E-state index contributed by atoms with van der Waals surface area (Å²) in [6.45, 7) is 2.24. The summed E-state index contributed by atoms with van der Waals surface area (Å²) in [7, 11) is 3.83. The highest BCUT2D eigenvalue weighted by atomic mass is 19.4. The number of alkyl halides is 3. The normalized spacial score (nSPS) is 16.6. The van der Waals surface area contributed by atoms with Crippen molar-refractivity contribution in [1.29, 1.82) is 0 Å². The molecule has 5 rings (SSSR count). The average Bonchev–Trinajstić information content (AvgIpc) is 3.39. The zero-order valence-electron chi connectivity index (χ0n) is 20.5. The van der Waals surface area contributed by atoms with Crippen molar-refractivity contribution in [3.05, 3.63) is 85.7 Å². The molecule has 1 atom stereocenters. The highest BCUT2D eigenvalue weighted by molar-refractivity contribution is 5.88. The Morgan fingerprint density at radius 2 is 1.81 bits per heavy atom. The van der Waals surface area contributed by atoms with Crippen molar-refractivity contribution >= 4 is 17.3 Å². The van der Waals surface area contributed by atoms with E-state index in [0.717, 1.165) is 28.2 Å². The third kappa shape index (κ3) is 3.98. The van der Waals surface area contributed by atoms with Crippen LogP contribution in [-0.4, -0.2) is 42.5 Å². The number of hydrogen-bond acceptors (Lipinski definition) is 6. The summed E-state index contributed by atoms with van der Waals surface area (Å²) in [5.41, 5.74) is -0.284. The van der Waals surface area contributed by atoms with Gasteiger partial charge in [-0.15, -0.1) is 0 Å². The Morgan fingerprint density at radius 3 is 2.51 bits per heavy atom. The fraction of sp³-hybridized carbons (Fsp3) is 0.346. The number of halogens is 3. The third-order valence-corrected chi connectivity index (χ3v) is 6.95. The van der Waals surface area contributed by atoms with Gasteiger partial charge in [0.15, 0.2) is 0 Å². The molecule has 194 valence electrons. The molecule has 0 spiro atoms.